The van der Waals surface area contributed by atoms with E-state index in [2.05, 4.69) is 20.5 Å². The first-order valence-electron chi connectivity index (χ1n) is 5.88. The van der Waals surface area contributed by atoms with Gasteiger partial charge in [0.1, 0.15) is 0 Å². The molecule has 0 aliphatic carbocycles. The Hall–Kier alpha value is -2.54. The van der Waals surface area contributed by atoms with Crippen LogP contribution in [0.15, 0.2) is 40.0 Å². The average molecular weight is 286 g/mol. The number of nitrogens with zero attached hydrogens (tertiary/aromatic N) is 2. The highest BCUT2D eigenvalue weighted by Crippen LogP contribution is 2.12. The summed E-state index contributed by atoms with van der Waals surface area (Å²) in [4.78, 5) is 27.9. The van der Waals surface area contributed by atoms with Crippen LogP contribution in [0, 0.1) is 0 Å². The minimum Gasteiger partial charge on any atom is -0.345 e. The molecule has 0 saturated heterocycles. The Morgan fingerprint density at radius 3 is 2.85 bits per heavy atom. The zero-order chi connectivity index (χ0) is 13.9. The van der Waals surface area contributed by atoms with Crippen LogP contribution in [0.4, 0.5) is 0 Å². The first kappa shape index (κ1) is 12.5. The number of amides is 1. The van der Waals surface area contributed by atoms with Crippen molar-refractivity contribution >= 4 is 28.0 Å². The molecule has 2 heterocycles. The standard InChI is InChI=1S/C13H10N4O2S/c18-12-10-4-2-1-3-9(10)11(16-17-12)13(19)14-5-8-6-20-7-15-8/h1-4,6-7H,5H2,(H,14,19)(H,17,18). The summed E-state index contributed by atoms with van der Waals surface area (Å²) in [6.07, 6.45) is 0. The van der Waals surface area contributed by atoms with Gasteiger partial charge in [-0.15, -0.1) is 11.3 Å². The first-order valence-corrected chi connectivity index (χ1v) is 6.82. The third-order valence-corrected chi connectivity index (χ3v) is 3.46. The van der Waals surface area contributed by atoms with Crippen LogP contribution in [0.1, 0.15) is 16.2 Å². The average Bonchev–Trinajstić information content (AvgIpc) is 2.99. The number of carbonyl (C=O) groups excluding carboxylic acids is 1. The van der Waals surface area contributed by atoms with Crippen LogP contribution in [0.2, 0.25) is 0 Å². The smallest absolute Gasteiger partial charge is 0.272 e. The molecule has 0 aliphatic heterocycles. The highest BCUT2D eigenvalue weighted by molar-refractivity contribution is 7.07. The summed E-state index contributed by atoms with van der Waals surface area (Å²) in [5.41, 5.74) is 2.39. The van der Waals surface area contributed by atoms with Crippen LogP contribution in [-0.4, -0.2) is 21.1 Å². The molecule has 100 valence electrons. The third kappa shape index (κ3) is 2.30. The second-order valence-corrected chi connectivity index (χ2v) is 4.83. The summed E-state index contributed by atoms with van der Waals surface area (Å²) in [7, 11) is 0. The molecule has 3 rings (SSSR count). The van der Waals surface area contributed by atoms with Crippen molar-refractivity contribution in [2.45, 2.75) is 6.54 Å². The Kier molecular flexibility index (Phi) is 3.26. The molecule has 0 radical (unpaired) electrons. The van der Waals surface area contributed by atoms with E-state index in [1.807, 2.05) is 5.38 Å². The number of hydrogen-bond acceptors (Lipinski definition) is 5. The predicted molar refractivity (Wildman–Crippen MR) is 75.6 cm³/mol. The Balaban J connectivity index is 1.92. The zero-order valence-electron chi connectivity index (χ0n) is 10.3. The molecular weight excluding hydrogens is 276 g/mol. The topological polar surface area (TPSA) is 87.7 Å². The van der Waals surface area contributed by atoms with Gasteiger partial charge < -0.3 is 5.32 Å². The number of nitrogens with one attached hydrogen (secondary N) is 2. The minimum atomic E-state index is -0.342. The van der Waals surface area contributed by atoms with Crippen LogP contribution in [0.25, 0.3) is 10.8 Å². The molecule has 3 aromatic rings. The fourth-order valence-corrected chi connectivity index (χ4v) is 2.43. The van der Waals surface area contributed by atoms with Crippen LogP contribution in [-0.2, 0) is 6.54 Å². The molecule has 0 saturated carbocycles. The number of H-pyrrole nitrogens is 1. The van der Waals surface area contributed by atoms with Gasteiger partial charge in [-0.25, -0.2) is 10.1 Å². The summed E-state index contributed by atoms with van der Waals surface area (Å²) >= 11 is 1.47. The number of hydrogen-bond donors (Lipinski definition) is 2. The molecule has 0 spiro atoms. The number of aromatic amines is 1. The fourth-order valence-electron chi connectivity index (χ4n) is 1.87. The Bertz CT molecular complexity index is 811. The molecule has 0 fully saturated rings. The van der Waals surface area contributed by atoms with Gasteiger partial charge in [0.25, 0.3) is 11.5 Å². The summed E-state index contributed by atoms with van der Waals surface area (Å²) in [5.74, 6) is -0.342. The van der Waals surface area contributed by atoms with E-state index in [-0.39, 0.29) is 17.2 Å². The lowest BCUT2D eigenvalue weighted by molar-refractivity contribution is 0.0946. The van der Waals surface area contributed by atoms with Crippen molar-refractivity contribution in [3.8, 4) is 0 Å². The van der Waals surface area contributed by atoms with Crippen LogP contribution in [0.5, 0.6) is 0 Å². The van der Waals surface area contributed by atoms with Crippen molar-refractivity contribution in [2.75, 3.05) is 0 Å². The van der Waals surface area contributed by atoms with E-state index in [9.17, 15) is 9.59 Å². The Morgan fingerprint density at radius 2 is 2.10 bits per heavy atom. The van der Waals surface area contributed by atoms with Gasteiger partial charge in [0.15, 0.2) is 5.69 Å². The lowest BCUT2D eigenvalue weighted by atomic mass is 10.1. The van der Waals surface area contributed by atoms with Crippen molar-refractivity contribution in [3.05, 3.63) is 56.9 Å². The fraction of sp³-hybridized carbons (Fsp3) is 0.0769. The van der Waals surface area contributed by atoms with Gasteiger partial charge in [-0.05, 0) is 6.07 Å². The van der Waals surface area contributed by atoms with Crippen LogP contribution in [0.3, 0.4) is 0 Å². The van der Waals surface area contributed by atoms with Crippen LogP contribution >= 0.6 is 11.3 Å². The van der Waals surface area contributed by atoms with E-state index >= 15 is 0 Å². The molecule has 20 heavy (non-hydrogen) atoms. The maximum Gasteiger partial charge on any atom is 0.272 e. The normalized spacial score (nSPS) is 10.6. The van der Waals surface area contributed by atoms with Gasteiger partial charge in [-0.2, -0.15) is 5.10 Å². The quantitative estimate of drug-likeness (QED) is 0.760. The third-order valence-electron chi connectivity index (χ3n) is 2.82. The molecular formula is C13H10N4O2S. The number of rotatable bonds is 3. The van der Waals surface area contributed by atoms with Crippen molar-refractivity contribution in [1.29, 1.82) is 0 Å². The second-order valence-electron chi connectivity index (χ2n) is 4.11. The molecule has 7 heteroatoms. The Labute approximate surface area is 117 Å². The van der Waals surface area contributed by atoms with Gasteiger partial charge in [-0.3, -0.25) is 9.59 Å². The SMILES string of the molecule is O=C(NCc1cscn1)c1n[nH]c(=O)c2ccccc12. The number of thiazole rings is 1. The molecule has 2 N–H and O–H groups in total. The highest BCUT2D eigenvalue weighted by atomic mass is 32.1. The minimum absolute atomic E-state index is 0.204. The van der Waals surface area contributed by atoms with E-state index in [1.165, 1.54) is 11.3 Å². The maximum absolute atomic E-state index is 12.1. The van der Waals surface area contributed by atoms with Gasteiger partial charge in [0.2, 0.25) is 0 Å². The van der Waals surface area contributed by atoms with Crippen molar-refractivity contribution in [3.63, 3.8) is 0 Å². The number of aromatic nitrogens is 3. The van der Waals surface area contributed by atoms with E-state index in [1.54, 1.807) is 29.8 Å². The van der Waals surface area contributed by atoms with Gasteiger partial charge >= 0.3 is 0 Å². The molecule has 1 amide bonds. The summed E-state index contributed by atoms with van der Waals surface area (Å²) < 4.78 is 0. The molecule has 6 nitrogen and oxygen atoms in total. The number of fused-ring (bicyclic) bond motifs is 1. The second kappa shape index (κ2) is 5.22. The monoisotopic (exact) mass is 286 g/mol. The predicted octanol–water partition coefficient (Wildman–Crippen LogP) is 1.31. The molecule has 0 aliphatic rings. The molecule has 2 aromatic heterocycles. The van der Waals surface area contributed by atoms with E-state index < -0.39 is 0 Å². The van der Waals surface area contributed by atoms with E-state index in [0.29, 0.717) is 17.3 Å². The lowest BCUT2D eigenvalue weighted by Gasteiger charge is -2.05. The first-order chi connectivity index (χ1) is 9.75. The zero-order valence-corrected chi connectivity index (χ0v) is 11.1. The number of carbonyl (C=O) groups is 1. The van der Waals surface area contributed by atoms with Gasteiger partial charge in [0.05, 0.1) is 23.1 Å². The maximum atomic E-state index is 12.1. The van der Waals surface area contributed by atoms with Crippen molar-refractivity contribution in [2.24, 2.45) is 0 Å². The van der Waals surface area contributed by atoms with Gasteiger partial charge in [0, 0.05) is 10.8 Å². The van der Waals surface area contributed by atoms with E-state index in [0.717, 1.165) is 5.69 Å². The molecule has 1 aromatic carbocycles. The van der Waals surface area contributed by atoms with Crippen molar-refractivity contribution in [1.82, 2.24) is 20.5 Å². The summed E-state index contributed by atoms with van der Waals surface area (Å²) in [6, 6.07) is 6.87. The molecule has 0 unspecified atom stereocenters. The molecule has 0 bridgehead atoms. The highest BCUT2D eigenvalue weighted by Gasteiger charge is 2.13. The van der Waals surface area contributed by atoms with Crippen LogP contribution < -0.4 is 10.9 Å². The summed E-state index contributed by atoms with van der Waals surface area (Å²) in [5, 5.41) is 11.7. The summed E-state index contributed by atoms with van der Waals surface area (Å²) in [6.45, 7) is 0.331. The molecule has 0 atom stereocenters. The lowest BCUT2D eigenvalue weighted by Crippen LogP contribution is -2.26. The Morgan fingerprint density at radius 1 is 1.30 bits per heavy atom. The van der Waals surface area contributed by atoms with Crippen molar-refractivity contribution < 1.29 is 4.79 Å². The number of benzene rings is 1. The van der Waals surface area contributed by atoms with Gasteiger partial charge in [-0.1, -0.05) is 18.2 Å². The largest absolute Gasteiger partial charge is 0.345 e. The van der Waals surface area contributed by atoms with E-state index in [4.69, 9.17) is 0 Å².